The highest BCUT2D eigenvalue weighted by molar-refractivity contribution is 9.10. The Bertz CT molecular complexity index is 408. The van der Waals surface area contributed by atoms with Crippen LogP contribution in [0.1, 0.15) is 11.1 Å². The van der Waals surface area contributed by atoms with Gasteiger partial charge in [0.1, 0.15) is 0 Å². The van der Waals surface area contributed by atoms with Gasteiger partial charge in [-0.2, -0.15) is 0 Å². The van der Waals surface area contributed by atoms with Crippen LogP contribution < -0.4 is 0 Å². The van der Waals surface area contributed by atoms with Crippen molar-refractivity contribution < 1.29 is 23.1 Å². The number of alkyl halides is 1. The first-order valence-corrected chi connectivity index (χ1v) is 7.72. The van der Waals surface area contributed by atoms with Crippen molar-refractivity contribution in [1.82, 2.24) is 0 Å². The van der Waals surface area contributed by atoms with Crippen LogP contribution >= 0.6 is 39.5 Å². The molecular formula is C8H7Br2F2O3P. The third-order valence-electron chi connectivity index (χ3n) is 1.85. The Morgan fingerprint density at radius 1 is 1.31 bits per heavy atom. The molecule has 1 rings (SSSR count). The molecule has 0 saturated carbocycles. The molecule has 0 fully saturated rings. The predicted molar refractivity (Wildman–Crippen MR) is 62.5 cm³/mol. The fourth-order valence-electron chi connectivity index (χ4n) is 1.07. The number of hydrogen-bond donors (Lipinski definition) is 0. The lowest BCUT2D eigenvalue weighted by Crippen LogP contribution is -1.92. The molecule has 0 spiro atoms. The maximum atomic E-state index is 11.9. The second kappa shape index (κ2) is 6.21. The average molecular weight is 380 g/mol. The highest BCUT2D eigenvalue weighted by Gasteiger charge is 2.28. The van der Waals surface area contributed by atoms with Crippen LogP contribution in [-0.2, 0) is 25.5 Å². The number of benzene rings is 1. The van der Waals surface area contributed by atoms with Gasteiger partial charge in [0, 0.05) is 9.80 Å². The van der Waals surface area contributed by atoms with Crippen LogP contribution in [0.5, 0.6) is 0 Å². The van der Waals surface area contributed by atoms with Crippen LogP contribution in [0.2, 0.25) is 0 Å². The van der Waals surface area contributed by atoms with Crippen LogP contribution in [0.4, 0.5) is 9.05 Å². The topological polar surface area (TPSA) is 35.5 Å². The van der Waals surface area contributed by atoms with Gasteiger partial charge in [-0.05, 0) is 26.2 Å². The molecule has 0 saturated heterocycles. The predicted octanol–water partition coefficient (Wildman–Crippen LogP) is 4.84. The molecule has 0 aliphatic heterocycles. The third-order valence-corrected chi connectivity index (χ3v) is 4.38. The van der Waals surface area contributed by atoms with E-state index in [1.54, 1.807) is 18.2 Å². The molecule has 0 amide bonds. The van der Waals surface area contributed by atoms with Gasteiger partial charge in [-0.25, -0.2) is 0 Å². The molecule has 0 aliphatic rings. The SMILES string of the molecule is O=P(Cc1ccc(CBr)cc1Br)(OF)OF. The van der Waals surface area contributed by atoms with E-state index in [9.17, 15) is 13.6 Å². The van der Waals surface area contributed by atoms with E-state index in [0.717, 1.165) is 5.56 Å². The standard InChI is InChI=1S/C8H7Br2F2O3P/c9-4-6-1-2-7(8(10)3-6)5-16(13,14-11)15-12/h1-3H,4-5H2. The summed E-state index contributed by atoms with van der Waals surface area (Å²) in [5.41, 5.74) is 1.40. The summed E-state index contributed by atoms with van der Waals surface area (Å²) < 4.78 is 41.6. The fraction of sp³-hybridized carbons (Fsp3) is 0.250. The van der Waals surface area contributed by atoms with Crippen LogP contribution in [0.3, 0.4) is 0 Å². The molecule has 0 aliphatic carbocycles. The Labute approximate surface area is 108 Å². The normalized spacial score (nSPS) is 11.8. The summed E-state index contributed by atoms with van der Waals surface area (Å²) in [6.07, 6.45) is -0.483. The Balaban J connectivity index is 2.94. The summed E-state index contributed by atoms with van der Waals surface area (Å²) in [4.78, 5) is 0. The van der Waals surface area contributed by atoms with E-state index in [0.29, 0.717) is 15.4 Å². The first kappa shape index (κ1) is 14.3. The van der Waals surface area contributed by atoms with Gasteiger partial charge < -0.3 is 0 Å². The first-order valence-electron chi connectivity index (χ1n) is 4.07. The Morgan fingerprint density at radius 3 is 2.38 bits per heavy atom. The smallest absolute Gasteiger partial charge is 0.254 e. The van der Waals surface area contributed by atoms with Gasteiger partial charge >= 0.3 is 7.60 Å². The van der Waals surface area contributed by atoms with Crippen molar-refractivity contribution in [3.63, 3.8) is 0 Å². The summed E-state index contributed by atoms with van der Waals surface area (Å²) in [5, 5.41) is 0.642. The Morgan fingerprint density at radius 2 is 1.94 bits per heavy atom. The minimum absolute atomic E-state index is 0.434. The van der Waals surface area contributed by atoms with Crippen LogP contribution in [0.15, 0.2) is 22.7 Å². The highest BCUT2D eigenvalue weighted by Crippen LogP contribution is 2.52. The van der Waals surface area contributed by atoms with E-state index in [2.05, 4.69) is 41.3 Å². The number of hydrogen-bond acceptors (Lipinski definition) is 3. The molecule has 1 aromatic rings. The molecule has 0 N–H and O–H groups in total. The van der Waals surface area contributed by atoms with Crippen LogP contribution in [0, 0.1) is 0 Å². The second-order valence-electron chi connectivity index (χ2n) is 2.97. The van der Waals surface area contributed by atoms with E-state index < -0.39 is 13.8 Å². The van der Waals surface area contributed by atoms with E-state index in [1.165, 1.54) is 0 Å². The van der Waals surface area contributed by atoms with Crippen molar-refractivity contribution in [2.45, 2.75) is 11.5 Å². The molecule has 0 atom stereocenters. The lowest BCUT2D eigenvalue weighted by molar-refractivity contribution is -0.0881. The zero-order valence-corrected chi connectivity index (χ0v) is 11.9. The molecule has 8 heteroatoms. The van der Waals surface area contributed by atoms with E-state index in [-0.39, 0.29) is 0 Å². The van der Waals surface area contributed by atoms with Gasteiger partial charge in [-0.1, -0.05) is 44.0 Å². The summed E-state index contributed by atoms with van der Waals surface area (Å²) in [7, 11) is -4.33. The van der Waals surface area contributed by atoms with Gasteiger partial charge in [0.2, 0.25) is 0 Å². The molecule has 0 unspecified atom stereocenters. The van der Waals surface area contributed by atoms with Crippen LogP contribution in [-0.4, -0.2) is 0 Å². The minimum atomic E-state index is -4.33. The molecule has 90 valence electrons. The number of halogens is 4. The fourth-order valence-corrected chi connectivity index (χ4v) is 3.01. The molecule has 0 bridgehead atoms. The molecule has 0 radical (unpaired) electrons. The molecule has 0 aromatic heterocycles. The zero-order valence-electron chi connectivity index (χ0n) is 7.83. The highest BCUT2D eigenvalue weighted by atomic mass is 79.9. The van der Waals surface area contributed by atoms with Crippen LogP contribution in [0.25, 0.3) is 0 Å². The van der Waals surface area contributed by atoms with Gasteiger partial charge in [0.15, 0.2) is 0 Å². The zero-order chi connectivity index (χ0) is 12.2. The van der Waals surface area contributed by atoms with E-state index in [1.807, 2.05) is 0 Å². The summed E-state index contributed by atoms with van der Waals surface area (Å²) >= 11 is 6.46. The minimum Gasteiger partial charge on any atom is -0.254 e. The molecule has 16 heavy (non-hydrogen) atoms. The lowest BCUT2D eigenvalue weighted by Gasteiger charge is -2.09. The summed E-state index contributed by atoms with van der Waals surface area (Å²) in [5.74, 6) is 0. The average Bonchev–Trinajstić information content (AvgIpc) is 2.31. The Hall–Kier alpha value is 0.190. The maximum absolute atomic E-state index is 11.9. The van der Waals surface area contributed by atoms with Crippen molar-refractivity contribution in [3.05, 3.63) is 33.8 Å². The Kier molecular flexibility index (Phi) is 5.53. The quantitative estimate of drug-likeness (QED) is 0.542. The molecular weight excluding hydrogens is 373 g/mol. The number of rotatable bonds is 5. The van der Waals surface area contributed by atoms with Crippen molar-refractivity contribution in [2.24, 2.45) is 0 Å². The first-order chi connectivity index (χ1) is 7.54. The maximum Gasteiger partial charge on any atom is 0.399 e. The van der Waals surface area contributed by atoms with E-state index in [4.69, 9.17) is 0 Å². The van der Waals surface area contributed by atoms with Gasteiger partial charge in [0.25, 0.3) is 0 Å². The second-order valence-corrected chi connectivity index (χ2v) is 6.20. The monoisotopic (exact) mass is 378 g/mol. The van der Waals surface area contributed by atoms with E-state index >= 15 is 0 Å². The summed E-state index contributed by atoms with van der Waals surface area (Å²) in [6, 6.07) is 5.06. The van der Waals surface area contributed by atoms with Gasteiger partial charge in [-0.3, -0.25) is 4.57 Å². The lowest BCUT2D eigenvalue weighted by atomic mass is 10.2. The van der Waals surface area contributed by atoms with Crippen molar-refractivity contribution >= 4 is 39.5 Å². The van der Waals surface area contributed by atoms with Crippen molar-refractivity contribution in [2.75, 3.05) is 0 Å². The van der Waals surface area contributed by atoms with Crippen molar-refractivity contribution in [3.8, 4) is 0 Å². The molecule has 3 nitrogen and oxygen atoms in total. The van der Waals surface area contributed by atoms with Gasteiger partial charge in [0.05, 0.1) is 6.16 Å². The third kappa shape index (κ3) is 3.60. The summed E-state index contributed by atoms with van der Waals surface area (Å²) in [6.45, 7) is 0. The molecule has 0 heterocycles. The van der Waals surface area contributed by atoms with Gasteiger partial charge in [-0.15, -0.1) is 9.46 Å². The molecule has 1 aromatic carbocycles. The van der Waals surface area contributed by atoms with Crippen molar-refractivity contribution in [1.29, 1.82) is 0 Å². The largest absolute Gasteiger partial charge is 0.399 e.